The van der Waals surface area contributed by atoms with E-state index in [4.69, 9.17) is 5.73 Å². The Labute approximate surface area is 163 Å². The van der Waals surface area contributed by atoms with E-state index < -0.39 is 0 Å². The summed E-state index contributed by atoms with van der Waals surface area (Å²) in [6.07, 6.45) is 10.3. The maximum Gasteiger partial charge on any atom is 0.220 e. The first-order valence-corrected chi connectivity index (χ1v) is 10.4. The van der Waals surface area contributed by atoms with Gasteiger partial charge in [-0.2, -0.15) is 0 Å². The van der Waals surface area contributed by atoms with Crippen molar-refractivity contribution in [3.8, 4) is 0 Å². The number of nitrogens with one attached hydrogen (secondary N) is 1. The number of rotatable bonds is 4. The summed E-state index contributed by atoms with van der Waals surface area (Å²) in [6, 6.07) is 2.06. The van der Waals surface area contributed by atoms with Gasteiger partial charge >= 0.3 is 0 Å². The van der Waals surface area contributed by atoms with E-state index in [1.54, 1.807) is 10.8 Å². The van der Waals surface area contributed by atoms with Gasteiger partial charge in [0.25, 0.3) is 0 Å². The molecule has 3 N–H and O–H groups in total. The third-order valence-corrected chi connectivity index (χ3v) is 6.74. The second-order valence-electron chi connectivity index (χ2n) is 8.45. The van der Waals surface area contributed by atoms with Crippen molar-refractivity contribution >= 4 is 22.5 Å². The Kier molecular flexibility index (Phi) is 4.50. The molecule has 2 aliphatic rings. The number of H-pyrrole nitrogens is 1. The predicted octanol–water partition coefficient (Wildman–Crippen LogP) is 2.08. The second kappa shape index (κ2) is 7.16. The van der Waals surface area contributed by atoms with Crippen molar-refractivity contribution < 1.29 is 4.79 Å². The van der Waals surface area contributed by atoms with Crippen LogP contribution in [0.3, 0.4) is 0 Å². The molecule has 2 fully saturated rings. The maximum atomic E-state index is 11.3. The number of nitrogens with zero attached hydrogens (tertiary/aromatic N) is 5. The molecule has 0 atom stereocenters. The number of aromatic amines is 1. The SMILES string of the molecule is NC(=O)C1CCN(C[C@H]2CC[C@H](c3nnn4cnc5[nH]ccc5c34)CC2)CC1. The van der Waals surface area contributed by atoms with Crippen molar-refractivity contribution in [2.45, 2.75) is 44.4 Å². The van der Waals surface area contributed by atoms with Crippen LogP contribution in [0.2, 0.25) is 0 Å². The minimum absolute atomic E-state index is 0.0773. The summed E-state index contributed by atoms with van der Waals surface area (Å²) < 4.78 is 1.81. The Morgan fingerprint density at radius 2 is 1.96 bits per heavy atom. The Hall–Kier alpha value is -2.48. The highest BCUT2D eigenvalue weighted by atomic mass is 16.1. The number of carbonyl (C=O) groups excluding carboxylic acids is 1. The van der Waals surface area contributed by atoms with E-state index >= 15 is 0 Å². The molecule has 0 aromatic carbocycles. The van der Waals surface area contributed by atoms with Gasteiger partial charge in [0.1, 0.15) is 17.5 Å². The third kappa shape index (κ3) is 3.15. The van der Waals surface area contributed by atoms with E-state index in [9.17, 15) is 4.79 Å². The van der Waals surface area contributed by atoms with Gasteiger partial charge in [0, 0.05) is 30.0 Å². The minimum Gasteiger partial charge on any atom is -0.369 e. The van der Waals surface area contributed by atoms with Gasteiger partial charge in [0.15, 0.2) is 0 Å². The number of nitrogens with two attached hydrogens (primary N) is 1. The van der Waals surface area contributed by atoms with Gasteiger partial charge in [-0.3, -0.25) is 4.79 Å². The quantitative estimate of drug-likeness (QED) is 0.720. The summed E-state index contributed by atoms with van der Waals surface area (Å²) >= 11 is 0. The van der Waals surface area contributed by atoms with Crippen LogP contribution in [0.5, 0.6) is 0 Å². The van der Waals surface area contributed by atoms with Crippen LogP contribution < -0.4 is 5.73 Å². The number of primary amides is 1. The number of aromatic nitrogens is 5. The molecule has 5 rings (SSSR count). The highest BCUT2D eigenvalue weighted by Crippen LogP contribution is 2.38. The molecule has 1 aliphatic carbocycles. The Morgan fingerprint density at radius 1 is 1.18 bits per heavy atom. The maximum absolute atomic E-state index is 11.3. The zero-order chi connectivity index (χ0) is 19.1. The van der Waals surface area contributed by atoms with Crippen LogP contribution in [0.1, 0.15) is 50.1 Å². The van der Waals surface area contributed by atoms with Gasteiger partial charge in [-0.15, -0.1) is 5.10 Å². The Bertz CT molecular complexity index is 977. The normalized spacial score (nSPS) is 24.9. The van der Waals surface area contributed by atoms with Crippen LogP contribution in [0.15, 0.2) is 18.6 Å². The van der Waals surface area contributed by atoms with Crippen LogP contribution >= 0.6 is 0 Å². The van der Waals surface area contributed by atoms with Gasteiger partial charge in [-0.25, -0.2) is 9.50 Å². The molecule has 148 valence electrons. The summed E-state index contributed by atoms with van der Waals surface area (Å²) in [5.41, 5.74) is 8.56. The smallest absolute Gasteiger partial charge is 0.220 e. The lowest BCUT2D eigenvalue weighted by Gasteiger charge is -2.35. The molecule has 0 radical (unpaired) electrons. The van der Waals surface area contributed by atoms with E-state index in [2.05, 4.69) is 31.2 Å². The summed E-state index contributed by atoms with van der Waals surface area (Å²) in [7, 11) is 0. The first-order valence-electron chi connectivity index (χ1n) is 10.4. The number of hydrogen-bond donors (Lipinski definition) is 2. The fourth-order valence-corrected chi connectivity index (χ4v) is 5.08. The Balaban J connectivity index is 1.23. The average Bonchev–Trinajstić information content (AvgIpc) is 3.35. The summed E-state index contributed by atoms with van der Waals surface area (Å²) in [6.45, 7) is 3.15. The zero-order valence-corrected chi connectivity index (χ0v) is 16.0. The van der Waals surface area contributed by atoms with Gasteiger partial charge in [0.2, 0.25) is 5.91 Å². The molecule has 0 spiro atoms. The molecule has 1 aliphatic heterocycles. The van der Waals surface area contributed by atoms with Crippen molar-refractivity contribution in [1.29, 1.82) is 0 Å². The van der Waals surface area contributed by atoms with Gasteiger partial charge in [-0.05, 0) is 63.6 Å². The number of piperidine rings is 1. The van der Waals surface area contributed by atoms with Crippen molar-refractivity contribution in [2.24, 2.45) is 17.6 Å². The summed E-state index contributed by atoms with van der Waals surface area (Å²) in [5.74, 6) is 1.15. The number of fused-ring (bicyclic) bond motifs is 3. The van der Waals surface area contributed by atoms with E-state index in [-0.39, 0.29) is 11.8 Å². The van der Waals surface area contributed by atoms with Crippen LogP contribution in [-0.4, -0.2) is 55.2 Å². The minimum atomic E-state index is -0.132. The number of amides is 1. The molecule has 8 nitrogen and oxygen atoms in total. The monoisotopic (exact) mass is 381 g/mol. The summed E-state index contributed by atoms with van der Waals surface area (Å²) in [5, 5.41) is 9.92. The van der Waals surface area contributed by atoms with E-state index in [1.165, 1.54) is 12.8 Å². The van der Waals surface area contributed by atoms with Gasteiger partial charge in [0.05, 0.1) is 5.69 Å². The Morgan fingerprint density at radius 3 is 2.71 bits per heavy atom. The average molecular weight is 381 g/mol. The molecule has 1 saturated carbocycles. The lowest BCUT2D eigenvalue weighted by atomic mass is 9.79. The van der Waals surface area contributed by atoms with Crippen LogP contribution in [-0.2, 0) is 4.79 Å². The predicted molar refractivity (Wildman–Crippen MR) is 106 cm³/mol. The van der Waals surface area contributed by atoms with Crippen molar-refractivity contribution in [2.75, 3.05) is 19.6 Å². The van der Waals surface area contributed by atoms with E-state index in [0.29, 0.717) is 5.92 Å². The summed E-state index contributed by atoms with van der Waals surface area (Å²) in [4.78, 5) is 21.4. The van der Waals surface area contributed by atoms with Gasteiger partial charge < -0.3 is 15.6 Å². The lowest BCUT2D eigenvalue weighted by Crippen LogP contribution is -2.41. The van der Waals surface area contributed by atoms with Crippen LogP contribution in [0.4, 0.5) is 0 Å². The fraction of sp³-hybridized carbons (Fsp3) is 0.600. The second-order valence-corrected chi connectivity index (χ2v) is 8.45. The van der Waals surface area contributed by atoms with Crippen molar-refractivity contribution in [1.82, 2.24) is 29.7 Å². The topological polar surface area (TPSA) is 105 Å². The van der Waals surface area contributed by atoms with Crippen molar-refractivity contribution in [3.05, 3.63) is 24.3 Å². The molecule has 1 amide bonds. The largest absolute Gasteiger partial charge is 0.369 e. The molecule has 28 heavy (non-hydrogen) atoms. The molecule has 0 bridgehead atoms. The van der Waals surface area contributed by atoms with Crippen LogP contribution in [0, 0.1) is 11.8 Å². The molecule has 4 heterocycles. The first-order chi connectivity index (χ1) is 13.7. The zero-order valence-electron chi connectivity index (χ0n) is 16.0. The fourth-order valence-electron chi connectivity index (χ4n) is 5.08. The van der Waals surface area contributed by atoms with E-state index in [0.717, 1.165) is 73.5 Å². The molecule has 3 aromatic rings. The molecule has 1 saturated heterocycles. The molecule has 0 unspecified atom stereocenters. The van der Waals surface area contributed by atoms with Gasteiger partial charge in [-0.1, -0.05) is 5.21 Å². The number of carbonyl (C=O) groups is 1. The first kappa shape index (κ1) is 17.6. The molecule has 8 heteroatoms. The van der Waals surface area contributed by atoms with E-state index in [1.807, 2.05) is 6.20 Å². The molecular formula is C20H27N7O. The highest BCUT2D eigenvalue weighted by molar-refractivity contribution is 5.92. The molecule has 3 aromatic heterocycles. The lowest BCUT2D eigenvalue weighted by molar-refractivity contribution is -0.123. The highest BCUT2D eigenvalue weighted by Gasteiger charge is 2.29. The number of hydrogen-bond acceptors (Lipinski definition) is 5. The van der Waals surface area contributed by atoms with Crippen LogP contribution in [0.25, 0.3) is 16.6 Å². The number of likely N-dealkylation sites (tertiary alicyclic amines) is 1. The third-order valence-electron chi connectivity index (χ3n) is 6.74. The van der Waals surface area contributed by atoms with Crippen molar-refractivity contribution in [3.63, 3.8) is 0 Å². The molecular weight excluding hydrogens is 354 g/mol. The standard InChI is InChI=1S/C20H27N7O/c21-19(28)15-6-9-26(10-7-15)11-13-1-3-14(4-2-13)17-18-16-5-8-22-20(16)23-12-27(18)25-24-17/h5,8,12-15,22H,1-4,6-7,9-11H2,(H2,21,28)/t13-,14-.